The summed E-state index contributed by atoms with van der Waals surface area (Å²) in [4.78, 5) is 5.38. The van der Waals surface area contributed by atoms with Crippen molar-refractivity contribution in [3.8, 4) is 0 Å². The smallest absolute Gasteiger partial charge is 0.0533 e. The normalized spacial score (nSPS) is 23.6. The summed E-state index contributed by atoms with van der Waals surface area (Å²) in [7, 11) is 0. The zero-order valence-electron chi connectivity index (χ0n) is 11.3. The Kier molecular flexibility index (Phi) is 3.65. The summed E-state index contributed by atoms with van der Waals surface area (Å²) in [6.45, 7) is 2.36. The molecule has 100 valence electrons. The number of rotatable bonds is 2. The Labute approximate surface area is 118 Å². The van der Waals surface area contributed by atoms with E-state index in [1.54, 1.807) is 0 Å². The second-order valence-electron chi connectivity index (χ2n) is 5.59. The first-order valence-electron chi connectivity index (χ1n) is 7.03. The maximum absolute atomic E-state index is 6.32. The first-order chi connectivity index (χ1) is 9.24. The Morgan fingerprint density at radius 3 is 3.00 bits per heavy atom. The molecular weight excluding hydrogens is 252 g/mol. The number of nitrogens with zero attached hydrogens (tertiary/aromatic N) is 1. The van der Waals surface area contributed by atoms with Gasteiger partial charge in [-0.2, -0.15) is 0 Å². The summed E-state index contributed by atoms with van der Waals surface area (Å²) < 4.78 is 0. The lowest BCUT2D eigenvalue weighted by molar-refractivity contribution is 0.394. The van der Waals surface area contributed by atoms with Crippen molar-refractivity contribution in [2.75, 3.05) is 5.73 Å². The standard InChI is InChI=1S/C16H20N2S/c1-11-3-2-4-13(9-11)19-15-6-5-12-10-18-8-7-14(12)16(15)17/h5-8,10-11,13H,2-4,9,17H2,1H3. The average Bonchev–Trinajstić information content (AvgIpc) is 2.42. The summed E-state index contributed by atoms with van der Waals surface area (Å²) in [6, 6.07) is 6.30. The predicted octanol–water partition coefficient (Wildman–Crippen LogP) is 4.49. The average molecular weight is 272 g/mol. The third kappa shape index (κ3) is 2.71. The van der Waals surface area contributed by atoms with Crippen LogP contribution in [0.3, 0.4) is 0 Å². The molecule has 1 saturated carbocycles. The highest BCUT2D eigenvalue weighted by atomic mass is 32.2. The van der Waals surface area contributed by atoms with Gasteiger partial charge in [-0.05, 0) is 30.9 Å². The highest BCUT2D eigenvalue weighted by Crippen LogP contribution is 2.40. The first kappa shape index (κ1) is 12.8. The largest absolute Gasteiger partial charge is 0.397 e. The summed E-state index contributed by atoms with van der Waals surface area (Å²) in [6.07, 6.45) is 9.08. The van der Waals surface area contributed by atoms with E-state index in [0.717, 1.165) is 27.6 Å². The molecule has 2 nitrogen and oxygen atoms in total. The zero-order chi connectivity index (χ0) is 13.2. The van der Waals surface area contributed by atoms with Crippen LogP contribution in [-0.4, -0.2) is 10.2 Å². The molecule has 2 unspecified atom stereocenters. The van der Waals surface area contributed by atoms with Crippen LogP contribution in [0.2, 0.25) is 0 Å². The van der Waals surface area contributed by atoms with Gasteiger partial charge in [0, 0.05) is 33.3 Å². The molecule has 1 heterocycles. The van der Waals surface area contributed by atoms with Crippen LogP contribution in [-0.2, 0) is 0 Å². The minimum atomic E-state index is 0.727. The van der Waals surface area contributed by atoms with Crippen molar-refractivity contribution in [1.29, 1.82) is 0 Å². The van der Waals surface area contributed by atoms with Crippen LogP contribution in [0.4, 0.5) is 5.69 Å². The molecule has 2 atom stereocenters. The molecule has 0 amide bonds. The number of anilines is 1. The lowest BCUT2D eigenvalue weighted by Crippen LogP contribution is -2.15. The number of hydrogen-bond donors (Lipinski definition) is 1. The van der Waals surface area contributed by atoms with E-state index in [1.165, 1.54) is 30.6 Å². The Morgan fingerprint density at radius 1 is 1.26 bits per heavy atom. The number of hydrogen-bond acceptors (Lipinski definition) is 3. The molecule has 2 aromatic rings. The maximum Gasteiger partial charge on any atom is 0.0533 e. The second-order valence-corrected chi connectivity index (χ2v) is 6.93. The third-order valence-electron chi connectivity index (χ3n) is 4.00. The molecule has 1 aromatic carbocycles. The fourth-order valence-electron chi connectivity index (χ4n) is 2.94. The number of nitrogen functional groups attached to an aromatic ring is 1. The highest BCUT2D eigenvalue weighted by Gasteiger charge is 2.20. The number of pyridine rings is 1. The van der Waals surface area contributed by atoms with Crippen LogP contribution >= 0.6 is 11.8 Å². The van der Waals surface area contributed by atoms with Gasteiger partial charge in [0.2, 0.25) is 0 Å². The van der Waals surface area contributed by atoms with Crippen molar-refractivity contribution in [1.82, 2.24) is 4.98 Å². The van der Waals surface area contributed by atoms with Crippen LogP contribution in [0, 0.1) is 5.92 Å². The predicted molar refractivity (Wildman–Crippen MR) is 83.4 cm³/mol. The summed E-state index contributed by atoms with van der Waals surface area (Å²) in [5, 5.41) is 2.98. The molecule has 3 rings (SSSR count). The molecule has 0 radical (unpaired) electrons. The molecule has 1 aromatic heterocycles. The topological polar surface area (TPSA) is 38.9 Å². The van der Waals surface area contributed by atoms with Gasteiger partial charge >= 0.3 is 0 Å². The fourth-order valence-corrected chi connectivity index (χ4v) is 4.39. The molecule has 0 spiro atoms. The zero-order valence-corrected chi connectivity index (χ0v) is 12.1. The monoisotopic (exact) mass is 272 g/mol. The van der Waals surface area contributed by atoms with Gasteiger partial charge in [0.25, 0.3) is 0 Å². The van der Waals surface area contributed by atoms with Gasteiger partial charge < -0.3 is 5.73 Å². The minimum absolute atomic E-state index is 0.727. The molecule has 1 aliphatic carbocycles. The van der Waals surface area contributed by atoms with E-state index in [-0.39, 0.29) is 0 Å². The Hall–Kier alpha value is -1.22. The van der Waals surface area contributed by atoms with Crippen LogP contribution in [0.5, 0.6) is 0 Å². The lowest BCUT2D eigenvalue weighted by Gasteiger charge is -2.26. The maximum atomic E-state index is 6.32. The quantitative estimate of drug-likeness (QED) is 0.819. The van der Waals surface area contributed by atoms with E-state index in [4.69, 9.17) is 5.73 Å². The molecule has 0 bridgehead atoms. The molecule has 0 saturated heterocycles. The van der Waals surface area contributed by atoms with Crippen molar-refractivity contribution in [3.05, 3.63) is 30.6 Å². The van der Waals surface area contributed by atoms with Crippen molar-refractivity contribution in [2.45, 2.75) is 42.8 Å². The highest BCUT2D eigenvalue weighted by molar-refractivity contribution is 8.00. The van der Waals surface area contributed by atoms with Crippen LogP contribution in [0.25, 0.3) is 10.8 Å². The van der Waals surface area contributed by atoms with Gasteiger partial charge in [0.05, 0.1) is 5.69 Å². The Bertz CT molecular complexity index is 582. The number of fused-ring (bicyclic) bond motifs is 1. The summed E-state index contributed by atoms with van der Waals surface area (Å²) in [5.41, 5.74) is 7.24. The summed E-state index contributed by atoms with van der Waals surface area (Å²) in [5.74, 6) is 0.858. The SMILES string of the molecule is CC1CCCC(Sc2ccc3cnccc3c2N)C1. The fraction of sp³-hybridized carbons (Fsp3) is 0.438. The van der Waals surface area contributed by atoms with E-state index in [9.17, 15) is 0 Å². The van der Waals surface area contributed by atoms with E-state index in [2.05, 4.69) is 24.0 Å². The van der Waals surface area contributed by atoms with Gasteiger partial charge in [-0.15, -0.1) is 11.8 Å². The number of aromatic nitrogens is 1. The molecular formula is C16H20N2S. The Balaban J connectivity index is 1.86. The minimum Gasteiger partial charge on any atom is -0.397 e. The van der Waals surface area contributed by atoms with Crippen LogP contribution in [0.1, 0.15) is 32.6 Å². The van der Waals surface area contributed by atoms with E-state index >= 15 is 0 Å². The van der Waals surface area contributed by atoms with E-state index < -0.39 is 0 Å². The van der Waals surface area contributed by atoms with Gasteiger partial charge in [-0.3, -0.25) is 4.98 Å². The number of nitrogens with two attached hydrogens (primary N) is 1. The van der Waals surface area contributed by atoms with Gasteiger partial charge in [-0.25, -0.2) is 0 Å². The molecule has 2 N–H and O–H groups in total. The Morgan fingerprint density at radius 2 is 2.16 bits per heavy atom. The first-order valence-corrected chi connectivity index (χ1v) is 7.91. The number of benzene rings is 1. The lowest BCUT2D eigenvalue weighted by atomic mass is 9.91. The summed E-state index contributed by atoms with van der Waals surface area (Å²) >= 11 is 1.96. The molecule has 0 aliphatic heterocycles. The van der Waals surface area contributed by atoms with Crippen LogP contribution < -0.4 is 5.73 Å². The molecule has 3 heteroatoms. The van der Waals surface area contributed by atoms with Crippen molar-refractivity contribution in [3.63, 3.8) is 0 Å². The van der Waals surface area contributed by atoms with Crippen molar-refractivity contribution >= 4 is 28.2 Å². The van der Waals surface area contributed by atoms with Gasteiger partial charge in [0.15, 0.2) is 0 Å². The van der Waals surface area contributed by atoms with Crippen molar-refractivity contribution in [2.24, 2.45) is 5.92 Å². The van der Waals surface area contributed by atoms with Crippen LogP contribution in [0.15, 0.2) is 35.5 Å². The van der Waals surface area contributed by atoms with E-state index in [0.29, 0.717) is 0 Å². The molecule has 19 heavy (non-hydrogen) atoms. The molecule has 1 aliphatic rings. The van der Waals surface area contributed by atoms with Gasteiger partial charge in [-0.1, -0.05) is 25.8 Å². The molecule has 1 fully saturated rings. The van der Waals surface area contributed by atoms with Gasteiger partial charge in [0.1, 0.15) is 0 Å². The van der Waals surface area contributed by atoms with E-state index in [1.807, 2.05) is 30.2 Å². The van der Waals surface area contributed by atoms with Crippen molar-refractivity contribution < 1.29 is 0 Å². The third-order valence-corrected chi connectivity index (χ3v) is 5.38. The number of thioether (sulfide) groups is 1. The second kappa shape index (κ2) is 5.41.